The lowest BCUT2D eigenvalue weighted by Gasteiger charge is -2.16. The highest BCUT2D eigenvalue weighted by Crippen LogP contribution is 2.23. The van der Waals surface area contributed by atoms with Crippen LogP contribution in [0.5, 0.6) is 0 Å². The summed E-state index contributed by atoms with van der Waals surface area (Å²) in [5, 5.41) is 4.81. The Morgan fingerprint density at radius 3 is 2.76 bits per heavy atom. The predicted octanol–water partition coefficient (Wildman–Crippen LogP) is 3.39. The molecule has 0 aliphatic heterocycles. The quantitative estimate of drug-likeness (QED) is 0.602. The van der Waals surface area contributed by atoms with Gasteiger partial charge in [0.15, 0.2) is 0 Å². The summed E-state index contributed by atoms with van der Waals surface area (Å²) >= 11 is 3.66. The van der Waals surface area contributed by atoms with Crippen molar-refractivity contribution in [2.45, 2.75) is 12.5 Å². The first-order valence-corrected chi connectivity index (χ1v) is 8.22. The van der Waals surface area contributed by atoms with Gasteiger partial charge in [0.25, 0.3) is 5.91 Å². The van der Waals surface area contributed by atoms with Crippen molar-refractivity contribution < 1.29 is 14.3 Å². The molecule has 0 bridgehead atoms. The average Bonchev–Trinajstić information content (AvgIpc) is 3.00. The van der Waals surface area contributed by atoms with Crippen LogP contribution in [0, 0.1) is 3.57 Å². The van der Waals surface area contributed by atoms with E-state index in [-0.39, 0.29) is 24.3 Å². The SMILES string of the molecule is COC(=O)CC(NC(=O)c1cccc(I)c1)c1cccs1. The minimum absolute atomic E-state index is 0.118. The lowest BCUT2D eigenvalue weighted by molar-refractivity contribution is -0.141. The zero-order valence-corrected chi connectivity index (χ0v) is 14.3. The Labute approximate surface area is 140 Å². The Balaban J connectivity index is 2.15. The molecule has 0 radical (unpaired) electrons. The maximum atomic E-state index is 12.3. The minimum Gasteiger partial charge on any atom is -0.469 e. The summed E-state index contributed by atoms with van der Waals surface area (Å²) in [6.45, 7) is 0. The summed E-state index contributed by atoms with van der Waals surface area (Å²) in [6.07, 6.45) is 0.118. The monoisotopic (exact) mass is 415 g/mol. The average molecular weight is 415 g/mol. The normalized spacial score (nSPS) is 11.7. The fourth-order valence-electron chi connectivity index (χ4n) is 1.83. The third-order valence-electron chi connectivity index (χ3n) is 2.88. The van der Waals surface area contributed by atoms with E-state index in [0.717, 1.165) is 8.45 Å². The van der Waals surface area contributed by atoms with Crippen LogP contribution in [0.1, 0.15) is 27.7 Å². The van der Waals surface area contributed by atoms with Crippen LogP contribution in [0.2, 0.25) is 0 Å². The van der Waals surface area contributed by atoms with Gasteiger partial charge in [0, 0.05) is 14.0 Å². The number of rotatable bonds is 5. The van der Waals surface area contributed by atoms with Gasteiger partial charge in [-0.2, -0.15) is 0 Å². The first-order valence-electron chi connectivity index (χ1n) is 6.27. The van der Waals surface area contributed by atoms with Gasteiger partial charge in [-0.25, -0.2) is 0 Å². The van der Waals surface area contributed by atoms with Crippen molar-refractivity contribution in [3.05, 3.63) is 55.8 Å². The Bertz CT molecular complexity index is 628. The lowest BCUT2D eigenvalue weighted by atomic mass is 10.1. The van der Waals surface area contributed by atoms with Crippen LogP contribution in [0.4, 0.5) is 0 Å². The Hall–Kier alpha value is -1.41. The van der Waals surface area contributed by atoms with Crippen LogP contribution in [-0.4, -0.2) is 19.0 Å². The number of ether oxygens (including phenoxy) is 1. The van der Waals surface area contributed by atoms with Crippen molar-refractivity contribution in [1.29, 1.82) is 0 Å². The van der Waals surface area contributed by atoms with Crippen LogP contribution >= 0.6 is 33.9 Å². The maximum Gasteiger partial charge on any atom is 0.307 e. The number of benzene rings is 1. The molecule has 2 aromatic rings. The number of halogens is 1. The summed E-state index contributed by atoms with van der Waals surface area (Å²) in [6, 6.07) is 10.7. The number of carbonyl (C=O) groups is 2. The van der Waals surface area contributed by atoms with Crippen LogP contribution in [-0.2, 0) is 9.53 Å². The van der Waals surface area contributed by atoms with E-state index < -0.39 is 0 Å². The molecule has 6 heteroatoms. The van der Waals surface area contributed by atoms with Gasteiger partial charge in [0.05, 0.1) is 19.6 Å². The van der Waals surface area contributed by atoms with Gasteiger partial charge in [-0.15, -0.1) is 11.3 Å². The summed E-state index contributed by atoms with van der Waals surface area (Å²) in [4.78, 5) is 24.8. The molecule has 1 atom stereocenters. The highest BCUT2D eigenvalue weighted by molar-refractivity contribution is 14.1. The molecule has 21 heavy (non-hydrogen) atoms. The van der Waals surface area contributed by atoms with Crippen LogP contribution < -0.4 is 5.32 Å². The van der Waals surface area contributed by atoms with Gasteiger partial charge in [0.2, 0.25) is 0 Å². The van der Waals surface area contributed by atoms with E-state index in [9.17, 15) is 9.59 Å². The molecule has 1 heterocycles. The summed E-state index contributed by atoms with van der Waals surface area (Å²) in [5.41, 5.74) is 0.577. The molecule has 0 aliphatic rings. The third-order valence-corrected chi connectivity index (χ3v) is 4.53. The predicted molar refractivity (Wildman–Crippen MR) is 90.3 cm³/mol. The van der Waals surface area contributed by atoms with Gasteiger partial charge in [-0.1, -0.05) is 12.1 Å². The number of carbonyl (C=O) groups excluding carboxylic acids is 2. The van der Waals surface area contributed by atoms with E-state index in [1.807, 2.05) is 29.6 Å². The second-order valence-corrected chi connectivity index (χ2v) is 6.56. The van der Waals surface area contributed by atoms with Gasteiger partial charge in [-0.05, 0) is 52.2 Å². The molecule has 1 unspecified atom stereocenters. The lowest BCUT2D eigenvalue weighted by Crippen LogP contribution is -2.30. The van der Waals surface area contributed by atoms with E-state index in [4.69, 9.17) is 4.74 Å². The second kappa shape index (κ2) is 7.56. The second-order valence-electron chi connectivity index (χ2n) is 4.33. The Morgan fingerprint density at radius 1 is 1.33 bits per heavy atom. The largest absolute Gasteiger partial charge is 0.469 e. The molecular weight excluding hydrogens is 401 g/mol. The number of methoxy groups -OCH3 is 1. The molecule has 1 N–H and O–H groups in total. The molecule has 0 spiro atoms. The first-order chi connectivity index (χ1) is 10.1. The van der Waals surface area contributed by atoms with Gasteiger partial charge in [-0.3, -0.25) is 9.59 Å². The molecule has 0 aliphatic carbocycles. The van der Waals surface area contributed by atoms with Crippen LogP contribution in [0.15, 0.2) is 41.8 Å². The van der Waals surface area contributed by atoms with Crippen LogP contribution in [0.3, 0.4) is 0 Å². The summed E-state index contributed by atoms with van der Waals surface area (Å²) in [7, 11) is 1.34. The molecule has 2 rings (SSSR count). The summed E-state index contributed by atoms with van der Waals surface area (Å²) < 4.78 is 5.69. The molecule has 4 nitrogen and oxygen atoms in total. The molecule has 1 amide bonds. The van der Waals surface area contributed by atoms with E-state index in [0.29, 0.717) is 5.56 Å². The highest BCUT2D eigenvalue weighted by Gasteiger charge is 2.20. The van der Waals surface area contributed by atoms with Crippen molar-refractivity contribution in [3.8, 4) is 0 Å². The zero-order valence-electron chi connectivity index (χ0n) is 11.3. The molecular formula is C15H14INO3S. The van der Waals surface area contributed by atoms with E-state index in [2.05, 4.69) is 27.9 Å². The molecule has 0 fully saturated rings. The van der Waals surface area contributed by atoms with Crippen molar-refractivity contribution in [2.75, 3.05) is 7.11 Å². The molecule has 0 saturated carbocycles. The fraction of sp³-hybridized carbons (Fsp3) is 0.200. The molecule has 1 aromatic heterocycles. The van der Waals surface area contributed by atoms with Gasteiger partial charge >= 0.3 is 5.97 Å². The van der Waals surface area contributed by atoms with Crippen molar-refractivity contribution >= 4 is 45.8 Å². The molecule has 0 saturated heterocycles. The fourth-order valence-corrected chi connectivity index (χ4v) is 3.15. The number of hydrogen-bond donors (Lipinski definition) is 1. The van der Waals surface area contributed by atoms with E-state index in [1.165, 1.54) is 18.4 Å². The van der Waals surface area contributed by atoms with Crippen molar-refractivity contribution in [1.82, 2.24) is 5.32 Å². The van der Waals surface area contributed by atoms with Crippen molar-refractivity contribution in [2.24, 2.45) is 0 Å². The Morgan fingerprint density at radius 2 is 2.14 bits per heavy atom. The smallest absolute Gasteiger partial charge is 0.307 e. The maximum absolute atomic E-state index is 12.3. The first kappa shape index (κ1) is 16.0. The number of amides is 1. The van der Waals surface area contributed by atoms with E-state index in [1.54, 1.807) is 12.1 Å². The van der Waals surface area contributed by atoms with Crippen LogP contribution in [0.25, 0.3) is 0 Å². The van der Waals surface area contributed by atoms with Crippen molar-refractivity contribution in [3.63, 3.8) is 0 Å². The van der Waals surface area contributed by atoms with Gasteiger partial charge in [0.1, 0.15) is 0 Å². The standard InChI is InChI=1S/C15H14INO3S/c1-20-14(18)9-12(13-6-3-7-21-13)17-15(19)10-4-2-5-11(16)8-10/h2-8,12H,9H2,1H3,(H,17,19). The van der Waals surface area contributed by atoms with E-state index >= 15 is 0 Å². The number of hydrogen-bond acceptors (Lipinski definition) is 4. The number of esters is 1. The summed E-state index contributed by atoms with van der Waals surface area (Å²) in [5.74, 6) is -0.549. The minimum atomic E-state index is -0.372. The Kier molecular flexibility index (Phi) is 5.75. The molecule has 1 aromatic carbocycles. The number of nitrogens with one attached hydrogen (secondary N) is 1. The molecule has 110 valence electrons. The number of thiophene rings is 1. The topological polar surface area (TPSA) is 55.4 Å². The highest BCUT2D eigenvalue weighted by atomic mass is 127. The van der Waals surface area contributed by atoms with Gasteiger partial charge < -0.3 is 10.1 Å². The third kappa shape index (κ3) is 4.53. The zero-order chi connectivity index (χ0) is 15.2.